The quantitative estimate of drug-likeness (QED) is 0.214. The molecule has 0 aliphatic carbocycles. The molecule has 0 radical (unpaired) electrons. The summed E-state index contributed by atoms with van der Waals surface area (Å²) in [5.74, 6) is -1.14. The lowest BCUT2D eigenvalue weighted by atomic mass is 9.94. The third kappa shape index (κ3) is 10.9. The second-order valence-electron chi connectivity index (χ2n) is 5.85. The fourth-order valence-electron chi connectivity index (χ4n) is 2.03. The maximum atomic E-state index is 12.4. The Kier molecular flexibility index (Phi) is 10.9. The molecule has 0 aromatic heterocycles. The summed E-state index contributed by atoms with van der Waals surface area (Å²) in [6, 6.07) is -0.616. The van der Waals surface area contributed by atoms with Gasteiger partial charge in [0, 0.05) is 31.6 Å². The molecule has 8 nitrogen and oxygen atoms in total. The number of ketones is 1. The Morgan fingerprint density at radius 2 is 1.79 bits per heavy atom. The summed E-state index contributed by atoms with van der Waals surface area (Å²) >= 11 is 1.57. The number of carbonyl (C=O) groups excluding carboxylic acids is 3. The monoisotopic (exact) mass is 359 g/mol. The van der Waals surface area contributed by atoms with Crippen LogP contribution in [0.15, 0.2) is 4.99 Å². The number of guanidine groups is 1. The van der Waals surface area contributed by atoms with E-state index in [2.05, 4.69) is 10.3 Å². The molecule has 0 spiro atoms. The number of thioether (sulfide) groups is 1. The molecule has 2 amide bonds. The first kappa shape index (κ1) is 22.2. The molecule has 0 unspecified atom stereocenters. The van der Waals surface area contributed by atoms with E-state index in [1.165, 1.54) is 6.92 Å². The minimum atomic E-state index is -0.616. The lowest BCUT2D eigenvalue weighted by Gasteiger charge is -2.20. The van der Waals surface area contributed by atoms with Crippen molar-refractivity contribution >= 4 is 35.3 Å². The third-order valence-corrected chi connectivity index (χ3v) is 4.41. The van der Waals surface area contributed by atoms with Crippen LogP contribution in [0.1, 0.15) is 40.0 Å². The van der Waals surface area contributed by atoms with E-state index in [-0.39, 0.29) is 24.1 Å². The lowest BCUT2D eigenvalue weighted by molar-refractivity contribution is -0.129. The summed E-state index contributed by atoms with van der Waals surface area (Å²) in [5, 5.41) is 2.98. The van der Waals surface area contributed by atoms with E-state index in [0.29, 0.717) is 30.4 Å². The molecule has 0 bridgehead atoms. The van der Waals surface area contributed by atoms with Crippen LogP contribution in [0.2, 0.25) is 0 Å². The van der Waals surface area contributed by atoms with Crippen LogP contribution in [0.5, 0.6) is 0 Å². The van der Waals surface area contributed by atoms with Crippen molar-refractivity contribution in [3.05, 3.63) is 0 Å². The Bertz CT molecular complexity index is 464. The molecule has 0 saturated carbocycles. The fourth-order valence-corrected chi connectivity index (χ4v) is 2.87. The second kappa shape index (κ2) is 11.7. The first-order valence-electron chi connectivity index (χ1n) is 7.89. The van der Waals surface area contributed by atoms with Crippen molar-refractivity contribution in [2.45, 2.75) is 51.3 Å². The number of Topliss-reactive ketones (excluding diaryl/α,β-unsaturated/α-hetero) is 1. The van der Waals surface area contributed by atoms with Gasteiger partial charge in [-0.25, -0.2) is 0 Å². The zero-order valence-corrected chi connectivity index (χ0v) is 15.4. The summed E-state index contributed by atoms with van der Waals surface area (Å²) < 4.78 is 0. The van der Waals surface area contributed by atoms with Gasteiger partial charge in [0.25, 0.3) is 0 Å². The standard InChI is InChI=1S/C15H29N5O3S/c1-9(2)24-8-12(20-10(3)21)13(22)7-11(14(16)23)5-4-6-19-15(17)18/h9,11-12H,4-8H2,1-3H3,(H2,16,23)(H,20,21)(H4,17,18,19)/t11-,12+/m0/s1. The van der Waals surface area contributed by atoms with Gasteiger partial charge in [-0.3, -0.25) is 19.4 Å². The Morgan fingerprint density at radius 3 is 2.25 bits per heavy atom. The topological polar surface area (TPSA) is 154 Å². The van der Waals surface area contributed by atoms with Crippen molar-refractivity contribution in [1.82, 2.24) is 5.32 Å². The van der Waals surface area contributed by atoms with E-state index >= 15 is 0 Å². The Hall–Kier alpha value is -1.77. The molecule has 9 heteroatoms. The lowest BCUT2D eigenvalue weighted by Crippen LogP contribution is -2.43. The number of amides is 2. The highest BCUT2D eigenvalue weighted by molar-refractivity contribution is 7.99. The molecule has 7 N–H and O–H groups in total. The van der Waals surface area contributed by atoms with Crippen molar-refractivity contribution < 1.29 is 14.4 Å². The molecule has 0 aromatic carbocycles. The highest BCUT2D eigenvalue weighted by Crippen LogP contribution is 2.16. The molecule has 0 aliphatic heterocycles. The smallest absolute Gasteiger partial charge is 0.220 e. The van der Waals surface area contributed by atoms with Crippen LogP contribution in [-0.2, 0) is 14.4 Å². The normalized spacial score (nSPS) is 13.2. The summed E-state index contributed by atoms with van der Waals surface area (Å²) in [7, 11) is 0. The van der Waals surface area contributed by atoms with Crippen LogP contribution in [0, 0.1) is 5.92 Å². The maximum Gasteiger partial charge on any atom is 0.220 e. The molecule has 2 atom stereocenters. The van der Waals surface area contributed by atoms with E-state index < -0.39 is 17.9 Å². The maximum absolute atomic E-state index is 12.4. The van der Waals surface area contributed by atoms with Gasteiger partial charge in [-0.1, -0.05) is 13.8 Å². The molecule has 0 fully saturated rings. The van der Waals surface area contributed by atoms with Crippen molar-refractivity contribution in [3.63, 3.8) is 0 Å². The van der Waals surface area contributed by atoms with E-state index in [9.17, 15) is 14.4 Å². The summed E-state index contributed by atoms with van der Waals surface area (Å²) in [5.41, 5.74) is 15.8. The summed E-state index contributed by atoms with van der Waals surface area (Å²) in [6.07, 6.45) is 0.965. The third-order valence-electron chi connectivity index (χ3n) is 3.22. The number of nitrogens with zero attached hydrogens (tertiary/aromatic N) is 1. The van der Waals surface area contributed by atoms with Crippen LogP contribution in [0.3, 0.4) is 0 Å². The predicted octanol–water partition coefficient (Wildman–Crippen LogP) is -0.253. The highest BCUT2D eigenvalue weighted by Gasteiger charge is 2.25. The minimum absolute atomic E-state index is 0.000751. The van der Waals surface area contributed by atoms with Crippen LogP contribution >= 0.6 is 11.8 Å². The SMILES string of the molecule is CC(=O)N[C@H](CSC(C)C)C(=O)C[C@H](CCCN=C(N)N)C(N)=O. The molecule has 0 aliphatic rings. The number of primary amides is 1. The molecular formula is C15H29N5O3S. The number of nitrogens with one attached hydrogen (secondary N) is 1. The number of aliphatic imine (C=N–C) groups is 1. The molecule has 138 valence electrons. The molecular weight excluding hydrogens is 330 g/mol. The number of hydrogen-bond donors (Lipinski definition) is 4. The first-order chi connectivity index (χ1) is 11.1. The largest absolute Gasteiger partial charge is 0.370 e. The molecule has 0 aromatic rings. The van der Waals surface area contributed by atoms with E-state index in [1.54, 1.807) is 11.8 Å². The summed E-state index contributed by atoms with van der Waals surface area (Å²) in [6.45, 7) is 5.76. The number of nitrogens with two attached hydrogens (primary N) is 3. The van der Waals surface area contributed by atoms with E-state index in [0.717, 1.165) is 0 Å². The second-order valence-corrected chi connectivity index (χ2v) is 7.46. The van der Waals surface area contributed by atoms with Gasteiger partial charge in [-0.05, 0) is 18.1 Å². The minimum Gasteiger partial charge on any atom is -0.370 e. The Morgan fingerprint density at radius 1 is 1.17 bits per heavy atom. The average Bonchev–Trinajstić information content (AvgIpc) is 2.45. The van der Waals surface area contributed by atoms with Crippen LogP contribution in [-0.4, -0.2) is 47.1 Å². The van der Waals surface area contributed by atoms with Crippen molar-refractivity contribution in [2.24, 2.45) is 28.1 Å². The Balaban J connectivity index is 4.69. The number of carbonyl (C=O) groups is 3. The van der Waals surface area contributed by atoms with Crippen LogP contribution < -0.4 is 22.5 Å². The number of hydrogen-bond acceptors (Lipinski definition) is 5. The molecule has 0 heterocycles. The number of rotatable bonds is 12. The summed E-state index contributed by atoms with van der Waals surface area (Å²) in [4.78, 5) is 39.1. The van der Waals surface area contributed by atoms with Crippen LogP contribution in [0.25, 0.3) is 0 Å². The van der Waals surface area contributed by atoms with E-state index in [4.69, 9.17) is 17.2 Å². The van der Waals surface area contributed by atoms with Crippen LogP contribution in [0.4, 0.5) is 0 Å². The van der Waals surface area contributed by atoms with Gasteiger partial charge in [0.05, 0.1) is 6.04 Å². The fraction of sp³-hybridized carbons (Fsp3) is 0.733. The van der Waals surface area contributed by atoms with Gasteiger partial charge in [-0.15, -0.1) is 0 Å². The predicted molar refractivity (Wildman–Crippen MR) is 97.4 cm³/mol. The molecule has 0 saturated heterocycles. The average molecular weight is 359 g/mol. The van der Waals surface area contributed by atoms with Crippen molar-refractivity contribution in [2.75, 3.05) is 12.3 Å². The Labute approximate surface area is 147 Å². The zero-order chi connectivity index (χ0) is 18.7. The van der Waals surface area contributed by atoms with E-state index in [1.807, 2.05) is 13.8 Å². The van der Waals surface area contributed by atoms with Gasteiger partial charge in [0.2, 0.25) is 11.8 Å². The first-order valence-corrected chi connectivity index (χ1v) is 8.94. The van der Waals surface area contributed by atoms with Gasteiger partial charge < -0.3 is 22.5 Å². The zero-order valence-electron chi connectivity index (χ0n) is 14.6. The van der Waals surface area contributed by atoms with Crippen molar-refractivity contribution in [3.8, 4) is 0 Å². The highest BCUT2D eigenvalue weighted by atomic mass is 32.2. The van der Waals surface area contributed by atoms with Gasteiger partial charge in [-0.2, -0.15) is 11.8 Å². The van der Waals surface area contributed by atoms with Gasteiger partial charge >= 0.3 is 0 Å². The molecule has 0 rings (SSSR count). The molecule has 24 heavy (non-hydrogen) atoms. The van der Waals surface area contributed by atoms with Gasteiger partial charge in [0.1, 0.15) is 0 Å². The van der Waals surface area contributed by atoms with Gasteiger partial charge in [0.15, 0.2) is 11.7 Å². The van der Waals surface area contributed by atoms with Crippen molar-refractivity contribution in [1.29, 1.82) is 0 Å².